The van der Waals surface area contributed by atoms with E-state index < -0.39 is 0 Å². The van der Waals surface area contributed by atoms with Gasteiger partial charge in [-0.05, 0) is 118 Å². The summed E-state index contributed by atoms with van der Waals surface area (Å²) in [7, 11) is 0. The molecule has 8 aromatic rings. The third-order valence-electron chi connectivity index (χ3n) is 9.28. The number of hydrogen-bond donors (Lipinski definition) is 3. The molecule has 0 saturated heterocycles. The summed E-state index contributed by atoms with van der Waals surface area (Å²) in [6, 6.07) is 60.1. The molecule has 0 amide bonds. The van der Waals surface area contributed by atoms with Gasteiger partial charge in [-0.15, -0.1) is 0 Å². The molecule has 8 aromatic carbocycles. The van der Waals surface area contributed by atoms with Crippen molar-refractivity contribution in [2.45, 2.75) is 13.8 Å². The number of nitrogens with one attached hydrogen (secondary N) is 3. The maximum absolute atomic E-state index is 3.69. The highest BCUT2D eigenvalue weighted by Gasteiger charge is 2.13. The van der Waals surface area contributed by atoms with Crippen LogP contribution in [0.4, 0.5) is 34.1 Å². The lowest BCUT2D eigenvalue weighted by Crippen LogP contribution is -1.97. The number of hydrogen-bond acceptors (Lipinski definition) is 3. The zero-order valence-corrected chi connectivity index (χ0v) is 27.7. The van der Waals surface area contributed by atoms with Crippen LogP contribution in [-0.4, -0.2) is 0 Å². The van der Waals surface area contributed by atoms with Crippen molar-refractivity contribution in [2.75, 3.05) is 16.0 Å². The Morgan fingerprint density at radius 2 is 0.653 bits per heavy atom. The van der Waals surface area contributed by atoms with E-state index in [1.807, 2.05) is 0 Å². The van der Waals surface area contributed by atoms with Gasteiger partial charge in [0.05, 0.1) is 0 Å². The van der Waals surface area contributed by atoms with Gasteiger partial charge in [0.1, 0.15) is 0 Å². The second-order valence-corrected chi connectivity index (χ2v) is 12.6. The van der Waals surface area contributed by atoms with Crippen molar-refractivity contribution in [3.8, 4) is 22.3 Å². The van der Waals surface area contributed by atoms with E-state index in [2.05, 4.69) is 200 Å². The number of rotatable bonds is 8. The molecule has 0 atom stereocenters. The highest BCUT2D eigenvalue weighted by Crippen LogP contribution is 2.39. The Morgan fingerprint density at radius 1 is 0.306 bits per heavy atom. The fourth-order valence-corrected chi connectivity index (χ4v) is 6.90. The molecule has 0 aliphatic rings. The van der Waals surface area contributed by atoms with E-state index in [-0.39, 0.29) is 0 Å². The normalized spacial score (nSPS) is 11.1. The second kappa shape index (κ2) is 13.1. The first-order valence-corrected chi connectivity index (χ1v) is 16.8. The van der Waals surface area contributed by atoms with Crippen LogP contribution in [0, 0.1) is 13.8 Å². The summed E-state index contributed by atoms with van der Waals surface area (Å²) in [4.78, 5) is 0. The highest BCUT2D eigenvalue weighted by atomic mass is 14.9. The lowest BCUT2D eigenvalue weighted by molar-refractivity contribution is 1.44. The highest BCUT2D eigenvalue weighted by molar-refractivity contribution is 6.02. The average Bonchev–Trinajstić information content (AvgIpc) is 3.13. The van der Waals surface area contributed by atoms with Crippen LogP contribution in [0.3, 0.4) is 0 Å². The lowest BCUT2D eigenvalue weighted by atomic mass is 9.93. The summed E-state index contributed by atoms with van der Waals surface area (Å²) in [5.74, 6) is 0. The first kappa shape index (κ1) is 30.0. The minimum atomic E-state index is 1.03. The molecule has 0 radical (unpaired) electrons. The zero-order valence-electron chi connectivity index (χ0n) is 27.7. The maximum Gasteiger partial charge on any atom is 0.0466 e. The molecular formula is C46H37N3. The molecule has 0 fully saturated rings. The lowest BCUT2D eigenvalue weighted by Gasteiger charge is -2.17. The fourth-order valence-electron chi connectivity index (χ4n) is 6.90. The van der Waals surface area contributed by atoms with Gasteiger partial charge >= 0.3 is 0 Å². The Bertz CT molecular complexity index is 2240. The first-order chi connectivity index (χ1) is 24.1. The molecule has 0 unspecified atom stereocenters. The van der Waals surface area contributed by atoms with E-state index in [0.717, 1.165) is 34.1 Å². The van der Waals surface area contributed by atoms with Crippen LogP contribution in [0.25, 0.3) is 43.8 Å². The summed E-state index contributed by atoms with van der Waals surface area (Å²) in [5.41, 5.74) is 13.7. The quantitative estimate of drug-likeness (QED) is 0.156. The van der Waals surface area contributed by atoms with Crippen LogP contribution < -0.4 is 16.0 Å². The van der Waals surface area contributed by atoms with Crippen LogP contribution >= 0.6 is 0 Å². The van der Waals surface area contributed by atoms with Gasteiger partial charge in [-0.3, -0.25) is 0 Å². The summed E-state index contributed by atoms with van der Waals surface area (Å²) in [6.07, 6.45) is 0. The third kappa shape index (κ3) is 6.10. The molecule has 0 aliphatic carbocycles. The van der Waals surface area contributed by atoms with Gasteiger partial charge in [0, 0.05) is 45.3 Å². The van der Waals surface area contributed by atoms with Gasteiger partial charge in [-0.25, -0.2) is 0 Å². The predicted octanol–water partition coefficient (Wildman–Crippen LogP) is 13.2. The van der Waals surface area contributed by atoms with E-state index in [9.17, 15) is 0 Å². The minimum Gasteiger partial charge on any atom is -0.356 e. The SMILES string of the molecule is Cc1cccc(Nc2ccc(Nc3ccc(Nc4cccc(C)c4-c4cccc5ccccc45)cc3)cc2)c1-c1cccc2ccccc12. The molecule has 8 rings (SSSR count). The van der Waals surface area contributed by atoms with Crippen molar-refractivity contribution in [1.82, 2.24) is 0 Å². The van der Waals surface area contributed by atoms with E-state index in [1.54, 1.807) is 0 Å². The van der Waals surface area contributed by atoms with E-state index in [1.165, 1.54) is 54.9 Å². The Morgan fingerprint density at radius 3 is 1.08 bits per heavy atom. The summed E-state index contributed by atoms with van der Waals surface area (Å²) < 4.78 is 0. The molecule has 3 heteroatoms. The van der Waals surface area contributed by atoms with Crippen LogP contribution in [0.5, 0.6) is 0 Å². The standard InChI is InChI=1S/C46H37N3/c1-31-11-7-21-43(45(31)41-19-9-15-33-13-3-5-17-39(33)41)48-37-27-23-35(24-28-37)47-36-25-29-38(30-26-36)49-44-22-8-12-32(2)46(44)42-20-10-16-34-14-4-6-18-40(34)42/h3-30,47-49H,1-2H3. The van der Waals surface area contributed by atoms with Crippen molar-refractivity contribution in [3.63, 3.8) is 0 Å². The molecule has 236 valence electrons. The van der Waals surface area contributed by atoms with Gasteiger partial charge in [-0.2, -0.15) is 0 Å². The smallest absolute Gasteiger partial charge is 0.0466 e. The van der Waals surface area contributed by atoms with Crippen molar-refractivity contribution in [2.24, 2.45) is 0 Å². The van der Waals surface area contributed by atoms with Crippen molar-refractivity contribution >= 4 is 55.7 Å². The third-order valence-corrected chi connectivity index (χ3v) is 9.28. The Labute approximate surface area is 287 Å². The Balaban J connectivity index is 0.989. The molecule has 0 spiro atoms. The molecule has 0 aliphatic heterocycles. The van der Waals surface area contributed by atoms with E-state index >= 15 is 0 Å². The predicted molar refractivity (Wildman–Crippen MR) is 211 cm³/mol. The van der Waals surface area contributed by atoms with E-state index in [4.69, 9.17) is 0 Å². The fraction of sp³-hybridized carbons (Fsp3) is 0.0435. The molecule has 3 nitrogen and oxygen atoms in total. The molecule has 0 saturated carbocycles. The van der Waals surface area contributed by atoms with Crippen molar-refractivity contribution in [3.05, 3.63) is 181 Å². The van der Waals surface area contributed by atoms with Crippen LogP contribution in [0.2, 0.25) is 0 Å². The van der Waals surface area contributed by atoms with Crippen LogP contribution in [0.1, 0.15) is 11.1 Å². The van der Waals surface area contributed by atoms with Gasteiger partial charge in [0.2, 0.25) is 0 Å². The molecule has 0 bridgehead atoms. The molecule has 3 N–H and O–H groups in total. The molecule has 0 heterocycles. The van der Waals surface area contributed by atoms with Gasteiger partial charge < -0.3 is 16.0 Å². The average molecular weight is 632 g/mol. The molecule has 49 heavy (non-hydrogen) atoms. The number of aryl methyl sites for hydroxylation is 2. The zero-order chi connectivity index (χ0) is 33.2. The first-order valence-electron chi connectivity index (χ1n) is 16.8. The van der Waals surface area contributed by atoms with Crippen molar-refractivity contribution in [1.29, 1.82) is 0 Å². The van der Waals surface area contributed by atoms with Crippen molar-refractivity contribution < 1.29 is 0 Å². The van der Waals surface area contributed by atoms with Gasteiger partial charge in [-0.1, -0.05) is 109 Å². The number of anilines is 6. The number of benzene rings is 8. The molecular weight excluding hydrogens is 595 g/mol. The molecule has 0 aromatic heterocycles. The van der Waals surface area contributed by atoms with Gasteiger partial charge in [0.15, 0.2) is 0 Å². The Hall–Kier alpha value is -6.32. The topological polar surface area (TPSA) is 36.1 Å². The van der Waals surface area contributed by atoms with Gasteiger partial charge in [0.25, 0.3) is 0 Å². The maximum atomic E-state index is 3.69. The number of fused-ring (bicyclic) bond motifs is 2. The summed E-state index contributed by atoms with van der Waals surface area (Å²) in [6.45, 7) is 4.36. The van der Waals surface area contributed by atoms with Crippen LogP contribution in [-0.2, 0) is 0 Å². The van der Waals surface area contributed by atoms with E-state index in [0.29, 0.717) is 0 Å². The Kier molecular flexibility index (Phi) is 8.01. The monoisotopic (exact) mass is 631 g/mol. The summed E-state index contributed by atoms with van der Waals surface area (Å²) in [5, 5.41) is 16.0. The van der Waals surface area contributed by atoms with Crippen LogP contribution in [0.15, 0.2) is 170 Å². The summed E-state index contributed by atoms with van der Waals surface area (Å²) >= 11 is 0. The minimum absolute atomic E-state index is 1.03. The largest absolute Gasteiger partial charge is 0.356 e. The second-order valence-electron chi connectivity index (χ2n) is 12.6.